The standard InChI is InChI=1S/C26H39FN8O4/c1-6-39-23-28-11-19(27)22(30-23)29-21-18-14-35(25(4,5)20(18)31-32-21)24(36)34-13-16(2)33(12-17(34)3)15-26(37)7-9-38-10-8-26/h11,16-17,37H,6-10,12-15H2,1-5H3,(H2,28,29,30,31,32). The number of aromatic nitrogens is 4. The van der Waals surface area contributed by atoms with Crippen LogP contribution < -0.4 is 10.1 Å². The van der Waals surface area contributed by atoms with Gasteiger partial charge in [-0.3, -0.25) is 10.00 Å². The third-order valence-corrected chi connectivity index (χ3v) is 8.21. The van der Waals surface area contributed by atoms with Crippen molar-refractivity contribution >= 4 is 17.7 Å². The average Bonchev–Trinajstić information content (AvgIpc) is 3.41. The molecule has 2 aromatic rings. The van der Waals surface area contributed by atoms with Crippen LogP contribution in [0.2, 0.25) is 0 Å². The minimum absolute atomic E-state index is 0.0327. The molecule has 0 spiro atoms. The van der Waals surface area contributed by atoms with Crippen LogP contribution in [0.5, 0.6) is 6.01 Å². The van der Waals surface area contributed by atoms with E-state index in [1.165, 1.54) is 0 Å². The normalized spacial score (nSPS) is 24.5. The van der Waals surface area contributed by atoms with Gasteiger partial charge in [0, 0.05) is 63.3 Å². The molecule has 39 heavy (non-hydrogen) atoms. The third kappa shape index (κ3) is 5.27. The Morgan fingerprint density at radius 2 is 2.00 bits per heavy atom. The number of piperazine rings is 1. The molecule has 2 aromatic heterocycles. The van der Waals surface area contributed by atoms with Gasteiger partial charge in [0.1, 0.15) is 0 Å². The van der Waals surface area contributed by atoms with Crippen molar-refractivity contribution in [1.82, 2.24) is 34.9 Å². The number of amides is 2. The number of halogens is 1. The van der Waals surface area contributed by atoms with E-state index in [-0.39, 0.29) is 29.9 Å². The summed E-state index contributed by atoms with van der Waals surface area (Å²) in [5, 5.41) is 21.4. The number of urea groups is 1. The lowest BCUT2D eigenvalue weighted by atomic mass is 9.92. The number of ether oxygens (including phenoxy) is 2. The van der Waals surface area contributed by atoms with Crippen LogP contribution in [0, 0.1) is 5.82 Å². The van der Waals surface area contributed by atoms with Crippen molar-refractivity contribution in [3.05, 3.63) is 23.3 Å². The van der Waals surface area contributed by atoms with Gasteiger partial charge in [-0.15, -0.1) is 0 Å². The molecule has 0 radical (unpaired) electrons. The van der Waals surface area contributed by atoms with Gasteiger partial charge in [-0.25, -0.2) is 14.2 Å². The van der Waals surface area contributed by atoms with Crippen molar-refractivity contribution in [1.29, 1.82) is 0 Å². The molecule has 0 aliphatic carbocycles. The number of nitrogens with one attached hydrogen (secondary N) is 2. The average molecular weight is 547 g/mol. The molecule has 3 N–H and O–H groups in total. The van der Waals surface area contributed by atoms with Crippen molar-refractivity contribution in [3.63, 3.8) is 0 Å². The highest BCUT2D eigenvalue weighted by Gasteiger charge is 2.47. The van der Waals surface area contributed by atoms with Gasteiger partial charge in [-0.1, -0.05) is 0 Å². The Kier molecular flexibility index (Phi) is 7.42. The van der Waals surface area contributed by atoms with Gasteiger partial charge in [0.15, 0.2) is 17.5 Å². The summed E-state index contributed by atoms with van der Waals surface area (Å²) in [6.07, 6.45) is 2.31. The lowest BCUT2D eigenvalue weighted by Crippen LogP contribution is -2.63. The number of carbonyl (C=O) groups excluding carboxylic acids is 1. The van der Waals surface area contributed by atoms with Crippen LogP contribution in [-0.2, 0) is 16.8 Å². The predicted octanol–water partition coefficient (Wildman–Crippen LogP) is 2.59. The molecule has 5 heterocycles. The number of aromatic amines is 1. The summed E-state index contributed by atoms with van der Waals surface area (Å²) in [7, 11) is 0. The Morgan fingerprint density at radius 1 is 1.26 bits per heavy atom. The zero-order valence-electron chi connectivity index (χ0n) is 23.3. The van der Waals surface area contributed by atoms with E-state index in [1.54, 1.807) is 6.92 Å². The number of carbonyl (C=O) groups is 1. The monoisotopic (exact) mass is 546 g/mol. The minimum atomic E-state index is -0.749. The number of fused-ring (bicyclic) bond motifs is 1. The molecule has 0 bridgehead atoms. The van der Waals surface area contributed by atoms with Gasteiger partial charge in [-0.05, 0) is 34.6 Å². The van der Waals surface area contributed by atoms with Crippen LogP contribution in [0.25, 0.3) is 0 Å². The second-order valence-corrected chi connectivity index (χ2v) is 11.4. The lowest BCUT2D eigenvalue weighted by molar-refractivity contribution is -0.0934. The zero-order chi connectivity index (χ0) is 27.9. The Bertz CT molecular complexity index is 1200. The number of hydrogen-bond donors (Lipinski definition) is 3. The topological polar surface area (TPSA) is 132 Å². The van der Waals surface area contributed by atoms with Gasteiger partial charge in [0.05, 0.1) is 36.2 Å². The van der Waals surface area contributed by atoms with Gasteiger partial charge in [0.2, 0.25) is 0 Å². The van der Waals surface area contributed by atoms with Crippen LogP contribution in [0.15, 0.2) is 6.20 Å². The molecule has 13 heteroatoms. The molecule has 3 aliphatic heterocycles. The van der Waals surface area contributed by atoms with E-state index in [2.05, 4.69) is 44.2 Å². The van der Waals surface area contributed by atoms with Gasteiger partial charge >= 0.3 is 12.0 Å². The molecule has 2 unspecified atom stereocenters. The highest BCUT2D eigenvalue weighted by Crippen LogP contribution is 2.42. The number of rotatable bonds is 6. The Morgan fingerprint density at radius 3 is 2.72 bits per heavy atom. The molecule has 12 nitrogen and oxygen atoms in total. The molecular weight excluding hydrogens is 507 g/mol. The minimum Gasteiger partial charge on any atom is -0.464 e. The van der Waals surface area contributed by atoms with Gasteiger partial charge in [0.25, 0.3) is 0 Å². The molecule has 2 saturated heterocycles. The van der Waals surface area contributed by atoms with E-state index in [9.17, 15) is 14.3 Å². The first-order valence-corrected chi connectivity index (χ1v) is 13.6. The number of β-amino-alcohol motifs (C(OH)–C–C–N with tert-alkyl or cyclic N) is 1. The van der Waals surface area contributed by atoms with E-state index in [1.807, 2.05) is 23.6 Å². The molecule has 5 rings (SSSR count). The summed E-state index contributed by atoms with van der Waals surface area (Å²) in [6, 6.07) is 0.0671. The maximum atomic E-state index is 14.5. The second kappa shape index (κ2) is 10.5. The first-order chi connectivity index (χ1) is 18.5. The molecule has 2 amide bonds. The van der Waals surface area contributed by atoms with E-state index in [4.69, 9.17) is 9.47 Å². The van der Waals surface area contributed by atoms with Gasteiger partial charge in [-0.2, -0.15) is 10.1 Å². The van der Waals surface area contributed by atoms with E-state index >= 15 is 0 Å². The molecule has 3 aliphatic rings. The molecule has 2 fully saturated rings. The van der Waals surface area contributed by atoms with E-state index in [0.717, 1.165) is 17.5 Å². The van der Waals surface area contributed by atoms with E-state index < -0.39 is 17.0 Å². The Hall–Kier alpha value is -3.03. The molecule has 0 saturated carbocycles. The number of nitrogens with zero attached hydrogens (tertiary/aromatic N) is 6. The highest BCUT2D eigenvalue weighted by atomic mass is 19.1. The smallest absolute Gasteiger partial charge is 0.321 e. The van der Waals surface area contributed by atoms with Gasteiger partial charge < -0.3 is 29.7 Å². The Labute approximate surface area is 227 Å². The van der Waals surface area contributed by atoms with Crippen LogP contribution in [0.3, 0.4) is 0 Å². The zero-order valence-corrected chi connectivity index (χ0v) is 23.3. The Balaban J connectivity index is 1.29. The fraction of sp³-hybridized carbons (Fsp3) is 0.692. The third-order valence-electron chi connectivity index (χ3n) is 8.21. The SMILES string of the molecule is CCOc1ncc(F)c(Nc2n[nH]c3c2CN(C(=O)N2CC(C)N(CC4(O)CCOCC4)CC2C)C3(C)C)n1. The summed E-state index contributed by atoms with van der Waals surface area (Å²) in [5.41, 5.74) is 0.169. The fourth-order valence-electron chi connectivity index (χ4n) is 5.80. The maximum Gasteiger partial charge on any atom is 0.321 e. The first kappa shape index (κ1) is 27.5. The molecule has 0 aromatic carbocycles. The van der Waals surface area contributed by atoms with Crippen LogP contribution in [0.1, 0.15) is 58.7 Å². The lowest BCUT2D eigenvalue weighted by Gasteiger charge is -2.49. The van der Waals surface area contributed by atoms with Crippen molar-refractivity contribution in [2.75, 3.05) is 44.8 Å². The van der Waals surface area contributed by atoms with Crippen molar-refractivity contribution in [2.45, 2.75) is 77.2 Å². The van der Waals surface area contributed by atoms with Crippen molar-refractivity contribution in [3.8, 4) is 6.01 Å². The number of hydrogen-bond acceptors (Lipinski definition) is 9. The molecular formula is C26H39FN8O4. The summed E-state index contributed by atoms with van der Waals surface area (Å²) in [6.45, 7) is 13.5. The highest BCUT2D eigenvalue weighted by molar-refractivity contribution is 5.78. The van der Waals surface area contributed by atoms with Crippen LogP contribution in [-0.4, -0.2) is 103 Å². The first-order valence-electron chi connectivity index (χ1n) is 13.6. The van der Waals surface area contributed by atoms with Crippen molar-refractivity contribution < 1.29 is 23.8 Å². The number of anilines is 2. The number of H-pyrrole nitrogens is 1. The van der Waals surface area contributed by atoms with E-state index in [0.29, 0.717) is 64.7 Å². The summed E-state index contributed by atoms with van der Waals surface area (Å²) >= 11 is 0. The summed E-state index contributed by atoms with van der Waals surface area (Å²) in [5.74, 6) is -0.272. The van der Waals surface area contributed by atoms with Crippen LogP contribution >= 0.6 is 0 Å². The largest absolute Gasteiger partial charge is 0.464 e. The maximum absolute atomic E-state index is 14.5. The van der Waals surface area contributed by atoms with Crippen molar-refractivity contribution in [2.24, 2.45) is 0 Å². The number of aliphatic hydroxyl groups is 1. The quantitative estimate of drug-likeness (QED) is 0.500. The fourth-order valence-corrected chi connectivity index (χ4v) is 5.80. The predicted molar refractivity (Wildman–Crippen MR) is 141 cm³/mol. The summed E-state index contributed by atoms with van der Waals surface area (Å²) < 4.78 is 25.2. The summed E-state index contributed by atoms with van der Waals surface area (Å²) in [4.78, 5) is 27.9. The second-order valence-electron chi connectivity index (χ2n) is 11.4. The van der Waals surface area contributed by atoms with Crippen LogP contribution in [0.4, 0.5) is 20.8 Å². The molecule has 214 valence electrons. The molecule has 2 atom stereocenters.